The minimum absolute atomic E-state index is 0.0460. The van der Waals surface area contributed by atoms with E-state index in [0.29, 0.717) is 38.2 Å². The molecule has 4 rings (SSSR count). The fourth-order valence-electron chi connectivity index (χ4n) is 3.57. The molecule has 0 aromatic heterocycles. The Kier molecular flexibility index (Phi) is 9.84. The van der Waals surface area contributed by atoms with Crippen molar-refractivity contribution in [3.05, 3.63) is 53.4 Å². The maximum atomic E-state index is 13.9. The standard InChI is InChI=1S/C23H24FNO7S.CH4O3S/c1-29-20-5-3-16(12-18(20)24)2-4-19(26)17-13-23-22(32-15-33(23,27)28)14-21(17)31-11-8-25-6-9-30-10-7-25;1-5(2,3)4/h2-5,12-14H,6-11,15H2,1H3;1H3,(H,2,3,4). The fourth-order valence-corrected chi connectivity index (χ4v) is 4.70. The van der Waals surface area contributed by atoms with Crippen LogP contribution < -0.4 is 14.2 Å². The van der Waals surface area contributed by atoms with Crippen molar-refractivity contribution < 1.29 is 49.5 Å². The van der Waals surface area contributed by atoms with Gasteiger partial charge in [-0.15, -0.1) is 0 Å². The van der Waals surface area contributed by atoms with Crippen LogP contribution in [0.1, 0.15) is 15.9 Å². The second-order valence-corrected chi connectivity index (χ2v) is 11.7. The summed E-state index contributed by atoms with van der Waals surface area (Å²) in [6.45, 7) is 3.84. The lowest BCUT2D eigenvalue weighted by Gasteiger charge is -2.26. The molecule has 0 amide bonds. The van der Waals surface area contributed by atoms with E-state index < -0.39 is 37.5 Å². The van der Waals surface area contributed by atoms with Gasteiger partial charge in [0.15, 0.2) is 23.3 Å². The lowest BCUT2D eigenvalue weighted by molar-refractivity contribution is 0.0322. The van der Waals surface area contributed by atoms with Crippen LogP contribution in [-0.4, -0.2) is 90.8 Å². The van der Waals surface area contributed by atoms with Gasteiger partial charge in [-0.3, -0.25) is 14.2 Å². The Balaban J connectivity index is 0.000000732. The molecule has 0 unspecified atom stereocenters. The predicted octanol–water partition coefficient (Wildman–Crippen LogP) is 2.07. The molecule has 14 heteroatoms. The van der Waals surface area contributed by atoms with Crippen molar-refractivity contribution in [3.63, 3.8) is 0 Å². The first-order valence-corrected chi connectivity index (χ1v) is 14.8. The smallest absolute Gasteiger partial charge is 0.261 e. The minimum atomic E-state index is -3.67. The number of fused-ring (bicyclic) bond motifs is 1. The zero-order valence-electron chi connectivity index (χ0n) is 20.8. The van der Waals surface area contributed by atoms with Gasteiger partial charge in [-0.25, -0.2) is 12.8 Å². The van der Waals surface area contributed by atoms with Gasteiger partial charge in [0.1, 0.15) is 23.0 Å². The molecule has 2 aromatic rings. The zero-order chi connectivity index (χ0) is 27.9. The molecule has 2 aliphatic rings. The van der Waals surface area contributed by atoms with Crippen molar-refractivity contribution in [3.8, 4) is 17.2 Å². The molecule has 2 aliphatic heterocycles. The third-order valence-electron chi connectivity index (χ3n) is 5.39. The summed E-state index contributed by atoms with van der Waals surface area (Å²) in [7, 11) is -5.94. The number of hydrogen-bond donors (Lipinski definition) is 1. The van der Waals surface area contributed by atoms with E-state index in [1.54, 1.807) is 6.07 Å². The Hall–Kier alpha value is -3.04. The van der Waals surface area contributed by atoms with Crippen molar-refractivity contribution in [1.29, 1.82) is 0 Å². The van der Waals surface area contributed by atoms with Crippen molar-refractivity contribution in [1.82, 2.24) is 4.90 Å². The van der Waals surface area contributed by atoms with E-state index in [-0.39, 0.29) is 27.7 Å². The number of carbonyl (C=O) groups is 1. The van der Waals surface area contributed by atoms with Crippen LogP contribution >= 0.6 is 0 Å². The van der Waals surface area contributed by atoms with Gasteiger partial charge in [-0.1, -0.05) is 12.1 Å². The number of rotatable bonds is 8. The second kappa shape index (κ2) is 12.7. The molecule has 0 spiro atoms. The lowest BCUT2D eigenvalue weighted by Crippen LogP contribution is -2.38. The number of ketones is 1. The van der Waals surface area contributed by atoms with Gasteiger partial charge in [0, 0.05) is 25.7 Å². The van der Waals surface area contributed by atoms with E-state index in [9.17, 15) is 26.0 Å². The highest BCUT2D eigenvalue weighted by Gasteiger charge is 2.31. The van der Waals surface area contributed by atoms with Crippen LogP contribution in [0.5, 0.6) is 17.2 Å². The molecule has 0 saturated carbocycles. The predicted molar refractivity (Wildman–Crippen MR) is 136 cm³/mol. The number of benzene rings is 2. The van der Waals surface area contributed by atoms with Crippen LogP contribution in [0.25, 0.3) is 6.08 Å². The minimum Gasteiger partial charge on any atom is -0.494 e. The summed E-state index contributed by atoms with van der Waals surface area (Å²) in [5.74, 6) is -1.02. The van der Waals surface area contributed by atoms with Crippen LogP contribution in [0, 0.1) is 5.82 Å². The van der Waals surface area contributed by atoms with Gasteiger partial charge in [0.05, 0.1) is 32.1 Å². The number of carbonyl (C=O) groups excluding carboxylic acids is 1. The number of allylic oxidation sites excluding steroid dienone is 1. The molecule has 0 aliphatic carbocycles. The van der Waals surface area contributed by atoms with E-state index in [1.807, 2.05) is 0 Å². The molecule has 2 aromatic carbocycles. The van der Waals surface area contributed by atoms with Gasteiger partial charge in [0.25, 0.3) is 10.1 Å². The second-order valence-electron chi connectivity index (χ2n) is 8.30. The summed E-state index contributed by atoms with van der Waals surface area (Å²) < 4.78 is 85.7. The lowest BCUT2D eigenvalue weighted by atomic mass is 10.1. The number of sulfone groups is 1. The van der Waals surface area contributed by atoms with Gasteiger partial charge in [-0.2, -0.15) is 8.42 Å². The van der Waals surface area contributed by atoms with Crippen molar-refractivity contribution in [2.24, 2.45) is 0 Å². The summed E-state index contributed by atoms with van der Waals surface area (Å²) >= 11 is 0. The van der Waals surface area contributed by atoms with Crippen LogP contribution in [0.3, 0.4) is 0 Å². The van der Waals surface area contributed by atoms with E-state index >= 15 is 0 Å². The van der Waals surface area contributed by atoms with E-state index in [4.69, 9.17) is 23.5 Å². The molecule has 2 heterocycles. The molecular formula is C24H28FNO10S2. The summed E-state index contributed by atoms with van der Waals surface area (Å²) in [5, 5.41) is 0. The zero-order valence-corrected chi connectivity index (χ0v) is 22.4. The molecule has 0 radical (unpaired) electrons. The molecule has 1 fully saturated rings. The van der Waals surface area contributed by atoms with Crippen LogP contribution in [0.4, 0.5) is 4.39 Å². The average Bonchev–Trinajstić information content (AvgIpc) is 3.15. The summed E-state index contributed by atoms with van der Waals surface area (Å²) in [6, 6.07) is 7.02. The topological polar surface area (TPSA) is 146 Å². The Morgan fingerprint density at radius 1 is 1.18 bits per heavy atom. The van der Waals surface area contributed by atoms with Crippen LogP contribution in [0.15, 0.2) is 41.3 Å². The summed E-state index contributed by atoms with van der Waals surface area (Å²) in [5.41, 5.74) is 0.545. The third-order valence-corrected chi connectivity index (χ3v) is 6.81. The number of methoxy groups -OCH3 is 1. The number of ether oxygens (including phenoxy) is 4. The molecule has 38 heavy (non-hydrogen) atoms. The van der Waals surface area contributed by atoms with Gasteiger partial charge < -0.3 is 18.9 Å². The highest BCUT2D eigenvalue weighted by Crippen LogP contribution is 2.37. The third kappa shape index (κ3) is 8.49. The first-order valence-electron chi connectivity index (χ1n) is 11.3. The van der Waals surface area contributed by atoms with Crippen LogP contribution in [-0.2, 0) is 24.7 Å². The average molecular weight is 574 g/mol. The Morgan fingerprint density at radius 3 is 2.50 bits per heavy atom. The van der Waals surface area contributed by atoms with Gasteiger partial charge >= 0.3 is 0 Å². The van der Waals surface area contributed by atoms with Crippen LogP contribution in [0.2, 0.25) is 0 Å². The molecule has 1 saturated heterocycles. The monoisotopic (exact) mass is 573 g/mol. The fraction of sp³-hybridized carbons (Fsp3) is 0.375. The van der Waals surface area contributed by atoms with Gasteiger partial charge in [0.2, 0.25) is 9.84 Å². The number of halogens is 1. The Bertz CT molecular complexity index is 1390. The number of hydrogen-bond acceptors (Lipinski definition) is 10. The summed E-state index contributed by atoms with van der Waals surface area (Å²) in [6.07, 6.45) is 3.41. The molecule has 11 nitrogen and oxygen atoms in total. The Morgan fingerprint density at radius 2 is 1.87 bits per heavy atom. The summed E-state index contributed by atoms with van der Waals surface area (Å²) in [4.78, 5) is 15.1. The number of nitrogens with zero attached hydrogens (tertiary/aromatic N) is 1. The highest BCUT2D eigenvalue weighted by molar-refractivity contribution is 7.91. The maximum Gasteiger partial charge on any atom is 0.261 e. The molecule has 0 bridgehead atoms. The first kappa shape index (κ1) is 29.5. The van der Waals surface area contributed by atoms with Crippen molar-refractivity contribution in [2.75, 3.05) is 58.8 Å². The molecule has 208 valence electrons. The Labute approximate surface area is 220 Å². The largest absolute Gasteiger partial charge is 0.494 e. The quantitative estimate of drug-likeness (QED) is 0.281. The van der Waals surface area contributed by atoms with Crippen molar-refractivity contribution in [2.45, 2.75) is 4.90 Å². The molecule has 1 N–H and O–H groups in total. The van der Waals surface area contributed by atoms with E-state index in [1.165, 1.54) is 43.5 Å². The molecular weight excluding hydrogens is 545 g/mol. The number of morpholine rings is 1. The highest BCUT2D eigenvalue weighted by atomic mass is 32.2. The van der Waals surface area contributed by atoms with E-state index in [0.717, 1.165) is 13.1 Å². The molecule has 0 atom stereocenters. The van der Waals surface area contributed by atoms with E-state index in [2.05, 4.69) is 4.90 Å². The maximum absolute atomic E-state index is 13.9. The van der Waals surface area contributed by atoms with Gasteiger partial charge in [-0.05, 0) is 29.8 Å². The SMILES string of the molecule is COc1ccc(C=CC(=O)c2cc3c(cc2OCCN2CCOCC2)OCS3(=O)=O)cc1F.CS(=O)(=O)O. The first-order chi connectivity index (χ1) is 17.9. The normalized spacial score (nSPS) is 16.7. The van der Waals surface area contributed by atoms with Crippen molar-refractivity contribution >= 4 is 31.8 Å².